The summed E-state index contributed by atoms with van der Waals surface area (Å²) in [5, 5.41) is 11.4. The Morgan fingerprint density at radius 2 is 2.30 bits per heavy atom. The van der Waals surface area contributed by atoms with Crippen LogP contribution in [0.3, 0.4) is 0 Å². The molecule has 1 N–H and O–H groups in total. The predicted molar refractivity (Wildman–Crippen MR) is 71.6 cm³/mol. The highest BCUT2D eigenvalue weighted by Crippen LogP contribution is 2.18. The third-order valence-electron chi connectivity index (χ3n) is 2.16. The smallest absolute Gasteiger partial charge is 0.350 e. The number of carbonyl (C=O) groups excluding carboxylic acids is 1. The minimum atomic E-state index is -0.786. The fourth-order valence-corrected chi connectivity index (χ4v) is 1.29. The van der Waals surface area contributed by atoms with E-state index in [0.717, 1.165) is 12.3 Å². The number of ether oxygens (including phenoxy) is 2. The van der Waals surface area contributed by atoms with Crippen LogP contribution >= 0.6 is 11.6 Å². The Morgan fingerprint density at radius 1 is 1.55 bits per heavy atom. The molecule has 0 unspecified atom stereocenters. The van der Waals surface area contributed by atoms with E-state index in [2.05, 4.69) is 5.32 Å². The summed E-state index contributed by atoms with van der Waals surface area (Å²) < 4.78 is 22.7. The molecule has 0 spiro atoms. The van der Waals surface area contributed by atoms with E-state index in [0.29, 0.717) is 5.69 Å². The molecule has 0 radical (unpaired) electrons. The third-order valence-corrected chi connectivity index (χ3v) is 2.47. The molecular weight excluding hydrogens is 287 g/mol. The minimum Gasteiger partial charge on any atom is -0.459 e. The van der Waals surface area contributed by atoms with Crippen molar-refractivity contribution in [3.8, 4) is 6.07 Å². The van der Waals surface area contributed by atoms with Crippen molar-refractivity contribution in [1.82, 2.24) is 0 Å². The van der Waals surface area contributed by atoms with Crippen molar-refractivity contribution in [2.45, 2.75) is 0 Å². The van der Waals surface area contributed by atoms with E-state index in [1.807, 2.05) is 0 Å². The molecule has 20 heavy (non-hydrogen) atoms. The molecule has 1 aromatic carbocycles. The highest BCUT2D eigenvalue weighted by Gasteiger charge is 2.10. The van der Waals surface area contributed by atoms with E-state index in [4.69, 9.17) is 26.3 Å². The number of carbonyl (C=O) groups is 1. The van der Waals surface area contributed by atoms with Gasteiger partial charge in [0.05, 0.1) is 11.6 Å². The summed E-state index contributed by atoms with van der Waals surface area (Å²) in [4.78, 5) is 11.5. The van der Waals surface area contributed by atoms with Crippen LogP contribution in [0.25, 0.3) is 0 Å². The van der Waals surface area contributed by atoms with E-state index in [9.17, 15) is 9.18 Å². The topological polar surface area (TPSA) is 71.3 Å². The molecule has 0 amide bonds. The number of benzene rings is 1. The van der Waals surface area contributed by atoms with Crippen LogP contribution in [-0.2, 0) is 14.3 Å². The number of halogens is 2. The Bertz CT molecular complexity index is 555. The first-order valence-corrected chi connectivity index (χ1v) is 5.94. The number of hydrogen-bond acceptors (Lipinski definition) is 5. The Balaban J connectivity index is 2.67. The van der Waals surface area contributed by atoms with Crippen molar-refractivity contribution in [3.63, 3.8) is 0 Å². The van der Waals surface area contributed by atoms with Crippen LogP contribution in [0.4, 0.5) is 10.1 Å². The number of nitriles is 1. The maximum absolute atomic E-state index is 13.2. The average Bonchev–Trinajstić information content (AvgIpc) is 2.43. The molecule has 0 fully saturated rings. The van der Waals surface area contributed by atoms with E-state index in [1.165, 1.54) is 19.2 Å². The molecule has 0 aliphatic carbocycles. The van der Waals surface area contributed by atoms with Gasteiger partial charge in [-0.05, 0) is 18.2 Å². The van der Waals surface area contributed by atoms with Crippen LogP contribution < -0.4 is 5.32 Å². The van der Waals surface area contributed by atoms with E-state index in [1.54, 1.807) is 6.07 Å². The number of nitrogens with zero attached hydrogens (tertiary/aromatic N) is 1. The molecule has 0 atom stereocenters. The number of methoxy groups -OCH3 is 1. The third kappa shape index (κ3) is 4.88. The van der Waals surface area contributed by atoms with Gasteiger partial charge in [-0.25, -0.2) is 9.18 Å². The average molecular weight is 299 g/mol. The van der Waals surface area contributed by atoms with Crippen molar-refractivity contribution in [1.29, 1.82) is 5.26 Å². The SMILES string of the molecule is COCCOC(=O)/C(C#N)=C\Nc1ccc(Cl)c(F)c1. The van der Waals surface area contributed by atoms with Gasteiger partial charge in [0.2, 0.25) is 0 Å². The Morgan fingerprint density at radius 3 is 2.90 bits per heavy atom. The summed E-state index contributed by atoms with van der Waals surface area (Å²) in [6, 6.07) is 5.70. The number of anilines is 1. The molecule has 0 heterocycles. The van der Waals surface area contributed by atoms with Crippen LogP contribution in [0.5, 0.6) is 0 Å². The predicted octanol–water partition coefficient (Wildman–Crippen LogP) is 2.49. The van der Waals surface area contributed by atoms with Crippen LogP contribution in [0, 0.1) is 17.1 Å². The molecule has 0 aliphatic rings. The van der Waals surface area contributed by atoms with Gasteiger partial charge in [-0.15, -0.1) is 0 Å². The lowest BCUT2D eigenvalue weighted by atomic mass is 10.3. The zero-order valence-corrected chi connectivity index (χ0v) is 11.4. The molecule has 0 saturated heterocycles. The molecule has 1 rings (SSSR count). The Labute approximate surface area is 120 Å². The number of rotatable bonds is 6. The van der Waals surface area contributed by atoms with Crippen LogP contribution in [0.15, 0.2) is 30.0 Å². The first-order chi connectivity index (χ1) is 9.58. The molecular formula is C13H12ClFN2O3. The largest absolute Gasteiger partial charge is 0.459 e. The zero-order valence-electron chi connectivity index (χ0n) is 10.7. The summed E-state index contributed by atoms with van der Waals surface area (Å²) in [6.45, 7) is 0.282. The first kappa shape index (κ1) is 16.0. The van der Waals surface area contributed by atoms with Gasteiger partial charge >= 0.3 is 5.97 Å². The number of hydrogen-bond donors (Lipinski definition) is 1. The second-order valence-corrected chi connectivity index (χ2v) is 3.98. The summed E-state index contributed by atoms with van der Waals surface area (Å²) in [5.74, 6) is -1.39. The van der Waals surface area contributed by atoms with Crippen LogP contribution in [-0.4, -0.2) is 26.3 Å². The Kier molecular flexibility index (Phi) is 6.50. The quantitative estimate of drug-likeness (QED) is 0.378. The van der Waals surface area contributed by atoms with Crippen molar-refractivity contribution in [2.75, 3.05) is 25.6 Å². The summed E-state index contributed by atoms with van der Waals surface area (Å²) >= 11 is 5.54. The van der Waals surface area contributed by atoms with Crippen LogP contribution in [0.1, 0.15) is 0 Å². The molecule has 0 saturated carbocycles. The second-order valence-electron chi connectivity index (χ2n) is 3.57. The maximum atomic E-state index is 13.2. The monoisotopic (exact) mass is 298 g/mol. The molecule has 0 bridgehead atoms. The zero-order chi connectivity index (χ0) is 15.0. The summed E-state index contributed by atoms with van der Waals surface area (Å²) in [5.41, 5.74) is 0.112. The molecule has 1 aromatic rings. The van der Waals surface area contributed by atoms with Gasteiger partial charge in [-0.1, -0.05) is 11.6 Å². The molecule has 0 aliphatic heterocycles. The number of esters is 1. The van der Waals surface area contributed by atoms with Gasteiger partial charge in [-0.2, -0.15) is 5.26 Å². The Hall–Kier alpha value is -2.10. The first-order valence-electron chi connectivity index (χ1n) is 5.56. The van der Waals surface area contributed by atoms with Crippen molar-refractivity contribution >= 4 is 23.3 Å². The van der Waals surface area contributed by atoms with E-state index >= 15 is 0 Å². The fourth-order valence-electron chi connectivity index (χ4n) is 1.17. The van der Waals surface area contributed by atoms with Gasteiger partial charge < -0.3 is 14.8 Å². The van der Waals surface area contributed by atoms with E-state index < -0.39 is 11.8 Å². The molecule has 0 aromatic heterocycles. The van der Waals surface area contributed by atoms with Gasteiger partial charge in [0, 0.05) is 19.0 Å². The van der Waals surface area contributed by atoms with Crippen molar-refractivity contribution in [2.24, 2.45) is 0 Å². The van der Waals surface area contributed by atoms with Gasteiger partial charge in [-0.3, -0.25) is 0 Å². The molecule has 7 heteroatoms. The highest BCUT2D eigenvalue weighted by molar-refractivity contribution is 6.30. The summed E-state index contributed by atoms with van der Waals surface area (Å²) in [6.07, 6.45) is 1.14. The fraction of sp³-hybridized carbons (Fsp3) is 0.231. The lowest BCUT2D eigenvalue weighted by Gasteiger charge is -2.04. The standard InChI is InChI=1S/C13H12ClFN2O3/c1-19-4-5-20-13(18)9(7-16)8-17-10-2-3-11(14)12(15)6-10/h2-3,6,8,17H,4-5H2,1H3/b9-8-. The number of nitrogens with one attached hydrogen (secondary N) is 1. The lowest BCUT2D eigenvalue weighted by molar-refractivity contribution is -0.139. The second kappa shape index (κ2) is 8.15. The highest BCUT2D eigenvalue weighted by atomic mass is 35.5. The molecule has 106 valence electrons. The maximum Gasteiger partial charge on any atom is 0.350 e. The van der Waals surface area contributed by atoms with Gasteiger partial charge in [0.15, 0.2) is 5.57 Å². The van der Waals surface area contributed by atoms with Gasteiger partial charge in [0.1, 0.15) is 18.5 Å². The van der Waals surface area contributed by atoms with Crippen molar-refractivity contribution in [3.05, 3.63) is 40.8 Å². The normalized spacial score (nSPS) is 10.8. The minimum absolute atomic E-state index is 0.0148. The molecule has 5 nitrogen and oxygen atoms in total. The van der Waals surface area contributed by atoms with Crippen molar-refractivity contribution < 1.29 is 18.7 Å². The summed E-state index contributed by atoms with van der Waals surface area (Å²) in [7, 11) is 1.46. The van der Waals surface area contributed by atoms with Crippen LogP contribution in [0.2, 0.25) is 5.02 Å². The lowest BCUT2D eigenvalue weighted by Crippen LogP contribution is -2.12. The van der Waals surface area contributed by atoms with Gasteiger partial charge in [0.25, 0.3) is 0 Å². The van der Waals surface area contributed by atoms with E-state index in [-0.39, 0.29) is 23.8 Å².